The molecule has 0 aromatic carbocycles. The standard InChI is InChI=1S/C13H16F5N3O4S/c1-4-21-10(24-11(14)15)7(9(19-21)13(16,17)18)6-26(22,23)8-5-12(2,3)25-20-8/h11H,4-6H2,1-3H3. The van der Waals surface area contributed by atoms with Gasteiger partial charge in [0.25, 0.3) is 0 Å². The Kier molecular flexibility index (Phi) is 5.23. The van der Waals surface area contributed by atoms with Gasteiger partial charge in [0.05, 0.1) is 11.3 Å². The van der Waals surface area contributed by atoms with Crippen molar-refractivity contribution in [1.29, 1.82) is 0 Å². The number of hydrogen-bond donors (Lipinski definition) is 0. The first-order chi connectivity index (χ1) is 11.8. The number of rotatable bonds is 5. The minimum absolute atomic E-state index is 0.163. The molecule has 0 radical (unpaired) electrons. The van der Waals surface area contributed by atoms with Crippen molar-refractivity contribution in [2.75, 3.05) is 0 Å². The van der Waals surface area contributed by atoms with Crippen LogP contribution in [0, 0.1) is 0 Å². The van der Waals surface area contributed by atoms with E-state index in [2.05, 4.69) is 15.0 Å². The van der Waals surface area contributed by atoms with Crippen LogP contribution in [0.5, 0.6) is 5.88 Å². The lowest BCUT2D eigenvalue weighted by Crippen LogP contribution is -2.24. The summed E-state index contributed by atoms with van der Waals surface area (Å²) in [5.74, 6) is -2.19. The van der Waals surface area contributed by atoms with Crippen molar-refractivity contribution in [3.63, 3.8) is 0 Å². The Bertz CT molecular complexity index is 814. The van der Waals surface area contributed by atoms with E-state index in [-0.39, 0.29) is 13.0 Å². The molecule has 0 fully saturated rings. The van der Waals surface area contributed by atoms with Crippen molar-refractivity contribution in [1.82, 2.24) is 9.78 Å². The highest BCUT2D eigenvalue weighted by molar-refractivity contribution is 8.05. The predicted molar refractivity (Wildman–Crippen MR) is 79.4 cm³/mol. The molecule has 0 bridgehead atoms. The van der Waals surface area contributed by atoms with E-state index < -0.39 is 56.2 Å². The zero-order valence-corrected chi connectivity index (χ0v) is 14.8. The van der Waals surface area contributed by atoms with Gasteiger partial charge in [0.2, 0.25) is 5.88 Å². The molecule has 1 aromatic heterocycles. The lowest BCUT2D eigenvalue weighted by atomic mass is 10.1. The minimum Gasteiger partial charge on any atom is -0.417 e. The number of oxime groups is 1. The summed E-state index contributed by atoms with van der Waals surface area (Å²) in [6, 6.07) is 0. The Morgan fingerprint density at radius 3 is 2.38 bits per heavy atom. The van der Waals surface area contributed by atoms with Gasteiger partial charge in [-0.2, -0.15) is 27.1 Å². The third kappa shape index (κ3) is 4.24. The normalized spacial score (nSPS) is 17.3. The van der Waals surface area contributed by atoms with Crippen LogP contribution < -0.4 is 4.74 Å². The summed E-state index contributed by atoms with van der Waals surface area (Å²) in [7, 11) is -4.37. The molecule has 148 valence electrons. The molecule has 2 heterocycles. The smallest absolute Gasteiger partial charge is 0.417 e. The number of sulfone groups is 1. The van der Waals surface area contributed by atoms with Crippen LogP contribution in [0.2, 0.25) is 0 Å². The van der Waals surface area contributed by atoms with Crippen molar-refractivity contribution in [3.05, 3.63) is 11.3 Å². The summed E-state index contributed by atoms with van der Waals surface area (Å²) in [5.41, 5.74) is -3.53. The molecule has 13 heteroatoms. The van der Waals surface area contributed by atoms with Crippen LogP contribution in [0.25, 0.3) is 0 Å². The molecule has 1 aromatic rings. The molecule has 0 N–H and O–H groups in total. The zero-order valence-electron chi connectivity index (χ0n) is 14.0. The number of hydrogen-bond acceptors (Lipinski definition) is 6. The van der Waals surface area contributed by atoms with Gasteiger partial charge in [0.1, 0.15) is 5.60 Å². The first kappa shape index (κ1) is 20.4. The topological polar surface area (TPSA) is 82.8 Å². The van der Waals surface area contributed by atoms with Crippen LogP contribution in [-0.4, -0.2) is 35.5 Å². The molecule has 0 amide bonds. The summed E-state index contributed by atoms with van der Waals surface area (Å²) >= 11 is 0. The second kappa shape index (κ2) is 6.67. The highest BCUT2D eigenvalue weighted by Crippen LogP contribution is 2.38. The van der Waals surface area contributed by atoms with Gasteiger partial charge in [-0.15, -0.1) is 0 Å². The number of ether oxygens (including phenoxy) is 1. The first-order valence-corrected chi connectivity index (χ1v) is 9.01. The molecule has 0 unspecified atom stereocenters. The Balaban J connectivity index is 2.51. The van der Waals surface area contributed by atoms with Gasteiger partial charge in [-0.1, -0.05) is 5.16 Å². The SMILES string of the molecule is CCn1nc(C(F)(F)F)c(CS(=O)(=O)C2=NOC(C)(C)C2)c1OC(F)F. The van der Waals surface area contributed by atoms with Crippen LogP contribution in [0.15, 0.2) is 5.16 Å². The average molecular weight is 405 g/mol. The van der Waals surface area contributed by atoms with E-state index in [9.17, 15) is 30.4 Å². The van der Waals surface area contributed by atoms with E-state index in [0.29, 0.717) is 4.68 Å². The largest absolute Gasteiger partial charge is 0.435 e. The van der Waals surface area contributed by atoms with E-state index in [1.165, 1.54) is 6.92 Å². The van der Waals surface area contributed by atoms with Gasteiger partial charge in [-0.05, 0) is 20.8 Å². The number of nitrogens with zero attached hydrogens (tertiary/aromatic N) is 3. The van der Waals surface area contributed by atoms with Crippen molar-refractivity contribution < 1.29 is 39.9 Å². The Hall–Kier alpha value is -1.92. The summed E-state index contributed by atoms with van der Waals surface area (Å²) in [6.45, 7) is 0.746. The Labute approximate surface area is 145 Å². The molecule has 1 aliphatic rings. The quantitative estimate of drug-likeness (QED) is 0.704. The minimum atomic E-state index is -5.06. The molecule has 26 heavy (non-hydrogen) atoms. The summed E-state index contributed by atoms with van der Waals surface area (Å²) in [5, 5.41) is 6.12. The Morgan fingerprint density at radius 1 is 1.35 bits per heavy atom. The van der Waals surface area contributed by atoms with Crippen LogP contribution in [-0.2, 0) is 33.1 Å². The molecule has 0 atom stereocenters. The van der Waals surface area contributed by atoms with Gasteiger partial charge >= 0.3 is 12.8 Å². The number of aromatic nitrogens is 2. The van der Waals surface area contributed by atoms with Gasteiger partial charge in [-0.25, -0.2) is 13.1 Å². The van der Waals surface area contributed by atoms with E-state index >= 15 is 0 Å². The predicted octanol–water partition coefficient (Wildman–Crippen LogP) is 2.95. The van der Waals surface area contributed by atoms with Crippen LogP contribution in [0.4, 0.5) is 22.0 Å². The second-order valence-electron chi connectivity index (χ2n) is 6.10. The molecular formula is C13H16F5N3O4S. The molecular weight excluding hydrogens is 389 g/mol. The number of alkyl halides is 5. The van der Waals surface area contributed by atoms with Crippen molar-refractivity contribution in [2.45, 2.75) is 57.9 Å². The maximum absolute atomic E-state index is 13.2. The molecule has 0 spiro atoms. The lowest BCUT2D eigenvalue weighted by molar-refractivity contribution is -0.142. The zero-order chi connectivity index (χ0) is 19.9. The third-order valence-corrected chi connectivity index (χ3v) is 5.04. The molecule has 2 rings (SSSR count). The molecule has 1 aliphatic heterocycles. The van der Waals surface area contributed by atoms with Crippen LogP contribution >= 0.6 is 0 Å². The lowest BCUT2D eigenvalue weighted by Gasteiger charge is -2.13. The second-order valence-corrected chi connectivity index (χ2v) is 8.09. The fourth-order valence-electron chi connectivity index (χ4n) is 2.32. The van der Waals surface area contributed by atoms with Crippen molar-refractivity contribution in [3.8, 4) is 5.88 Å². The number of halogens is 5. The molecule has 0 saturated carbocycles. The van der Waals surface area contributed by atoms with E-state index in [1.54, 1.807) is 13.8 Å². The Morgan fingerprint density at radius 2 is 1.96 bits per heavy atom. The fraction of sp³-hybridized carbons (Fsp3) is 0.692. The highest BCUT2D eigenvalue weighted by Gasteiger charge is 2.43. The van der Waals surface area contributed by atoms with Gasteiger partial charge in [0.15, 0.2) is 20.6 Å². The van der Waals surface area contributed by atoms with Gasteiger partial charge in [0, 0.05) is 13.0 Å². The summed E-state index contributed by atoms with van der Waals surface area (Å²) in [6.07, 6.45) is -5.22. The van der Waals surface area contributed by atoms with E-state index in [4.69, 9.17) is 4.84 Å². The summed E-state index contributed by atoms with van der Waals surface area (Å²) < 4.78 is 94.5. The maximum Gasteiger partial charge on any atom is 0.435 e. The number of aryl methyl sites for hydroxylation is 1. The fourth-order valence-corrected chi connectivity index (χ4v) is 3.84. The first-order valence-electron chi connectivity index (χ1n) is 7.36. The maximum atomic E-state index is 13.2. The van der Waals surface area contributed by atoms with Crippen LogP contribution in [0.3, 0.4) is 0 Å². The third-order valence-electron chi connectivity index (χ3n) is 3.43. The van der Waals surface area contributed by atoms with Crippen LogP contribution in [0.1, 0.15) is 38.4 Å². The molecule has 0 saturated heterocycles. The average Bonchev–Trinajstić information content (AvgIpc) is 2.99. The van der Waals surface area contributed by atoms with Gasteiger partial charge < -0.3 is 9.57 Å². The van der Waals surface area contributed by atoms with E-state index in [1.807, 2.05) is 0 Å². The molecule has 0 aliphatic carbocycles. The van der Waals surface area contributed by atoms with Crippen molar-refractivity contribution >= 4 is 14.9 Å². The molecule has 7 nitrogen and oxygen atoms in total. The van der Waals surface area contributed by atoms with Crippen molar-refractivity contribution in [2.24, 2.45) is 5.16 Å². The summed E-state index contributed by atoms with van der Waals surface area (Å²) in [4.78, 5) is 4.91. The van der Waals surface area contributed by atoms with Gasteiger partial charge in [-0.3, -0.25) is 0 Å². The highest BCUT2D eigenvalue weighted by atomic mass is 32.2. The monoisotopic (exact) mass is 405 g/mol. The van der Waals surface area contributed by atoms with E-state index in [0.717, 1.165) is 0 Å².